The third kappa shape index (κ3) is 3.65. The van der Waals surface area contributed by atoms with Crippen molar-refractivity contribution in [1.82, 2.24) is 15.2 Å². The van der Waals surface area contributed by atoms with E-state index < -0.39 is 0 Å². The minimum absolute atomic E-state index is 0.129. The lowest BCUT2D eigenvalue weighted by Gasteiger charge is -2.23. The van der Waals surface area contributed by atoms with Gasteiger partial charge in [-0.3, -0.25) is 4.79 Å². The Bertz CT molecular complexity index is 566. The lowest BCUT2D eigenvalue weighted by atomic mass is 10.1. The minimum atomic E-state index is -0.129. The SMILES string of the molecule is Cc1cccc(C(=O)NC[C@@H](c2ccsc2)N(C)C)n1. The molecule has 1 amide bonds. The predicted octanol–water partition coefficient (Wildman–Crippen LogP) is 2.48. The van der Waals surface area contributed by atoms with E-state index in [9.17, 15) is 4.79 Å². The van der Waals surface area contributed by atoms with Gasteiger partial charge in [0.15, 0.2) is 0 Å². The average molecular weight is 289 g/mol. The number of likely N-dealkylation sites (N-methyl/N-ethyl adjacent to an activating group) is 1. The number of rotatable bonds is 5. The van der Waals surface area contributed by atoms with Crippen molar-refractivity contribution in [1.29, 1.82) is 0 Å². The maximum Gasteiger partial charge on any atom is 0.269 e. The predicted molar refractivity (Wildman–Crippen MR) is 82.1 cm³/mol. The highest BCUT2D eigenvalue weighted by Crippen LogP contribution is 2.20. The van der Waals surface area contributed by atoms with Gasteiger partial charge < -0.3 is 10.2 Å². The van der Waals surface area contributed by atoms with Crippen LogP contribution in [0.25, 0.3) is 0 Å². The van der Waals surface area contributed by atoms with Crippen molar-refractivity contribution in [3.05, 3.63) is 52.0 Å². The molecule has 20 heavy (non-hydrogen) atoms. The van der Waals surface area contributed by atoms with E-state index >= 15 is 0 Å². The fraction of sp³-hybridized carbons (Fsp3) is 0.333. The van der Waals surface area contributed by atoms with E-state index in [0.29, 0.717) is 12.2 Å². The molecule has 0 aliphatic heterocycles. The number of thiophene rings is 1. The van der Waals surface area contributed by atoms with E-state index in [-0.39, 0.29) is 11.9 Å². The molecule has 2 rings (SSSR count). The van der Waals surface area contributed by atoms with Gasteiger partial charge in [-0.1, -0.05) is 6.07 Å². The van der Waals surface area contributed by atoms with Gasteiger partial charge in [0.05, 0.1) is 6.04 Å². The standard InChI is InChI=1S/C15H19N3OS/c1-11-5-4-6-13(17-11)15(19)16-9-14(18(2)3)12-7-8-20-10-12/h4-8,10,14H,9H2,1-3H3,(H,16,19)/t14-/m0/s1. The van der Waals surface area contributed by atoms with Crippen LogP contribution in [0.15, 0.2) is 35.0 Å². The molecule has 5 heteroatoms. The normalized spacial score (nSPS) is 12.4. The van der Waals surface area contributed by atoms with Gasteiger partial charge in [-0.05, 0) is 55.5 Å². The lowest BCUT2D eigenvalue weighted by molar-refractivity contribution is 0.0937. The first kappa shape index (κ1) is 14.7. The number of carbonyl (C=O) groups excluding carboxylic acids is 1. The molecule has 1 N–H and O–H groups in total. The molecule has 0 saturated heterocycles. The number of carbonyl (C=O) groups is 1. The van der Waals surface area contributed by atoms with Crippen molar-refractivity contribution in [3.63, 3.8) is 0 Å². The summed E-state index contributed by atoms with van der Waals surface area (Å²) in [6.45, 7) is 2.45. The minimum Gasteiger partial charge on any atom is -0.349 e. The molecule has 0 unspecified atom stereocenters. The second kappa shape index (κ2) is 6.63. The van der Waals surface area contributed by atoms with Crippen molar-refractivity contribution in [2.45, 2.75) is 13.0 Å². The molecule has 0 aliphatic carbocycles. The van der Waals surface area contributed by atoms with Crippen LogP contribution in [0.2, 0.25) is 0 Å². The summed E-state index contributed by atoms with van der Waals surface area (Å²) in [5, 5.41) is 7.12. The van der Waals surface area contributed by atoms with Crippen molar-refractivity contribution >= 4 is 17.2 Å². The van der Waals surface area contributed by atoms with Crippen LogP contribution >= 0.6 is 11.3 Å². The summed E-state index contributed by atoms with van der Waals surface area (Å²) in [6.07, 6.45) is 0. The summed E-state index contributed by atoms with van der Waals surface area (Å²) in [7, 11) is 4.03. The zero-order valence-corrected chi connectivity index (χ0v) is 12.8. The molecule has 2 aromatic rings. The molecule has 106 valence electrons. The summed E-state index contributed by atoms with van der Waals surface area (Å²) in [4.78, 5) is 18.4. The quantitative estimate of drug-likeness (QED) is 0.920. The molecule has 0 aliphatic rings. The third-order valence-electron chi connectivity index (χ3n) is 3.13. The molecule has 2 aromatic heterocycles. The number of aryl methyl sites for hydroxylation is 1. The first-order valence-electron chi connectivity index (χ1n) is 6.48. The number of aromatic nitrogens is 1. The van der Waals surface area contributed by atoms with Gasteiger partial charge in [-0.15, -0.1) is 0 Å². The Morgan fingerprint density at radius 2 is 2.20 bits per heavy atom. The molecule has 4 nitrogen and oxygen atoms in total. The van der Waals surface area contributed by atoms with Gasteiger partial charge in [0.25, 0.3) is 5.91 Å². The van der Waals surface area contributed by atoms with E-state index in [0.717, 1.165) is 5.69 Å². The number of amides is 1. The van der Waals surface area contributed by atoms with E-state index in [1.165, 1.54) is 5.56 Å². The second-order valence-corrected chi connectivity index (χ2v) is 5.69. The van der Waals surface area contributed by atoms with Crippen LogP contribution in [0.1, 0.15) is 27.8 Å². The molecule has 0 fully saturated rings. The third-order valence-corrected chi connectivity index (χ3v) is 3.83. The first-order valence-corrected chi connectivity index (χ1v) is 7.42. The van der Waals surface area contributed by atoms with E-state index in [2.05, 4.69) is 32.0 Å². The Labute approximate surface area is 123 Å². The highest BCUT2D eigenvalue weighted by Gasteiger charge is 2.16. The summed E-state index contributed by atoms with van der Waals surface area (Å²) in [6, 6.07) is 7.73. The molecule has 0 bridgehead atoms. The Hall–Kier alpha value is -1.72. The highest BCUT2D eigenvalue weighted by atomic mass is 32.1. The van der Waals surface area contributed by atoms with Crippen molar-refractivity contribution in [2.24, 2.45) is 0 Å². The van der Waals surface area contributed by atoms with E-state index in [1.54, 1.807) is 17.4 Å². The highest BCUT2D eigenvalue weighted by molar-refractivity contribution is 7.07. The van der Waals surface area contributed by atoms with E-state index in [4.69, 9.17) is 0 Å². The summed E-state index contributed by atoms with van der Waals surface area (Å²) >= 11 is 1.67. The molecule has 0 aromatic carbocycles. The van der Waals surface area contributed by atoms with Crippen molar-refractivity contribution in [2.75, 3.05) is 20.6 Å². The Morgan fingerprint density at radius 3 is 2.80 bits per heavy atom. The second-order valence-electron chi connectivity index (χ2n) is 4.91. The smallest absolute Gasteiger partial charge is 0.269 e. The number of nitrogens with zero attached hydrogens (tertiary/aromatic N) is 2. The fourth-order valence-electron chi connectivity index (χ4n) is 2.01. The molecular weight excluding hydrogens is 270 g/mol. The number of hydrogen-bond donors (Lipinski definition) is 1. The molecule has 0 spiro atoms. The number of pyridine rings is 1. The molecular formula is C15H19N3OS. The monoisotopic (exact) mass is 289 g/mol. The van der Waals surface area contributed by atoms with Crippen molar-refractivity contribution < 1.29 is 4.79 Å². The zero-order valence-electron chi connectivity index (χ0n) is 12.0. The van der Waals surface area contributed by atoms with Gasteiger partial charge >= 0.3 is 0 Å². The Morgan fingerprint density at radius 1 is 1.40 bits per heavy atom. The van der Waals surface area contributed by atoms with E-state index in [1.807, 2.05) is 33.2 Å². The maximum absolute atomic E-state index is 12.1. The number of nitrogens with one attached hydrogen (secondary N) is 1. The largest absolute Gasteiger partial charge is 0.349 e. The molecule has 2 heterocycles. The van der Waals surface area contributed by atoms with Crippen LogP contribution in [0.3, 0.4) is 0 Å². The Balaban J connectivity index is 2.01. The summed E-state index contributed by atoms with van der Waals surface area (Å²) in [5.74, 6) is -0.129. The fourth-order valence-corrected chi connectivity index (χ4v) is 2.72. The van der Waals surface area contributed by atoms with Crippen molar-refractivity contribution in [3.8, 4) is 0 Å². The summed E-state index contributed by atoms with van der Waals surface area (Å²) < 4.78 is 0. The van der Waals surface area contributed by atoms with Crippen LogP contribution in [-0.4, -0.2) is 36.4 Å². The topological polar surface area (TPSA) is 45.2 Å². The summed E-state index contributed by atoms with van der Waals surface area (Å²) in [5.41, 5.74) is 2.53. The zero-order chi connectivity index (χ0) is 14.5. The first-order chi connectivity index (χ1) is 9.58. The molecule has 1 atom stereocenters. The van der Waals surface area contributed by atoms with Crippen LogP contribution < -0.4 is 5.32 Å². The number of hydrogen-bond acceptors (Lipinski definition) is 4. The van der Waals surface area contributed by atoms with Crippen LogP contribution in [-0.2, 0) is 0 Å². The van der Waals surface area contributed by atoms with Gasteiger partial charge in [0.1, 0.15) is 5.69 Å². The molecule has 0 saturated carbocycles. The lowest BCUT2D eigenvalue weighted by Crippen LogP contribution is -2.34. The van der Waals surface area contributed by atoms with Gasteiger partial charge in [-0.25, -0.2) is 4.98 Å². The van der Waals surface area contributed by atoms with Gasteiger partial charge in [0.2, 0.25) is 0 Å². The van der Waals surface area contributed by atoms with Crippen LogP contribution in [0.5, 0.6) is 0 Å². The van der Waals surface area contributed by atoms with Crippen LogP contribution in [0.4, 0.5) is 0 Å². The van der Waals surface area contributed by atoms with Crippen LogP contribution in [0, 0.1) is 6.92 Å². The van der Waals surface area contributed by atoms with Gasteiger partial charge in [-0.2, -0.15) is 11.3 Å². The average Bonchev–Trinajstić information content (AvgIpc) is 2.92. The maximum atomic E-state index is 12.1. The Kier molecular flexibility index (Phi) is 4.87. The molecule has 0 radical (unpaired) electrons. The van der Waals surface area contributed by atoms with Gasteiger partial charge in [0, 0.05) is 12.2 Å².